The first-order valence-electron chi connectivity index (χ1n) is 11.3. The van der Waals surface area contributed by atoms with E-state index in [1.807, 2.05) is 51.1 Å². The van der Waals surface area contributed by atoms with Crippen LogP contribution in [-0.4, -0.2) is 79.5 Å². The van der Waals surface area contributed by atoms with Crippen molar-refractivity contribution in [3.05, 3.63) is 42.5 Å². The quantitative estimate of drug-likeness (QED) is 0.702. The van der Waals surface area contributed by atoms with Crippen molar-refractivity contribution in [1.29, 1.82) is 0 Å². The summed E-state index contributed by atoms with van der Waals surface area (Å²) in [5.41, 5.74) is -0.485. The fraction of sp³-hybridized carbons (Fsp3) is 0.542. The van der Waals surface area contributed by atoms with Crippen molar-refractivity contribution in [3.8, 4) is 0 Å². The van der Waals surface area contributed by atoms with Crippen LogP contribution in [0.15, 0.2) is 47.4 Å². The van der Waals surface area contributed by atoms with E-state index in [1.54, 1.807) is 21.3 Å². The molecule has 4 rings (SSSR count). The maximum Gasteiger partial charge on any atom is 0.410 e. The molecule has 0 spiro atoms. The number of sulfonamides is 1. The molecule has 0 atom stereocenters. The van der Waals surface area contributed by atoms with Crippen molar-refractivity contribution < 1.29 is 17.9 Å². The predicted octanol–water partition coefficient (Wildman–Crippen LogP) is 3.55. The second-order valence-electron chi connectivity index (χ2n) is 9.65. The molecule has 32 heavy (non-hydrogen) atoms. The second kappa shape index (κ2) is 9.00. The Labute approximate surface area is 191 Å². The van der Waals surface area contributed by atoms with E-state index in [1.165, 1.54) is 0 Å². The van der Waals surface area contributed by atoms with Crippen LogP contribution >= 0.6 is 0 Å². The highest BCUT2D eigenvalue weighted by Crippen LogP contribution is 2.25. The van der Waals surface area contributed by atoms with Gasteiger partial charge in [-0.25, -0.2) is 13.2 Å². The lowest BCUT2D eigenvalue weighted by Gasteiger charge is -2.42. The molecule has 2 aliphatic rings. The number of fused-ring (bicyclic) bond motifs is 1. The molecule has 0 N–H and O–H groups in total. The van der Waals surface area contributed by atoms with Gasteiger partial charge in [0.2, 0.25) is 10.0 Å². The number of piperazine rings is 1. The molecule has 0 radical (unpaired) electrons. The lowest BCUT2D eigenvalue weighted by atomic mass is 10.0. The van der Waals surface area contributed by atoms with Gasteiger partial charge < -0.3 is 9.64 Å². The average Bonchev–Trinajstić information content (AvgIpc) is 2.78. The normalized spacial score (nSPS) is 19.9. The summed E-state index contributed by atoms with van der Waals surface area (Å²) in [6.45, 7) is 9.39. The van der Waals surface area contributed by atoms with Crippen molar-refractivity contribution in [3.63, 3.8) is 0 Å². The predicted molar refractivity (Wildman–Crippen MR) is 125 cm³/mol. The summed E-state index contributed by atoms with van der Waals surface area (Å²) >= 11 is 0. The number of rotatable bonds is 3. The Hall–Kier alpha value is -2.16. The van der Waals surface area contributed by atoms with Gasteiger partial charge in [0.25, 0.3) is 0 Å². The van der Waals surface area contributed by atoms with Crippen LogP contribution in [-0.2, 0) is 14.8 Å². The number of amides is 1. The van der Waals surface area contributed by atoms with Crippen LogP contribution in [0.4, 0.5) is 4.79 Å². The van der Waals surface area contributed by atoms with Gasteiger partial charge in [-0.15, -0.1) is 0 Å². The second-order valence-corrected chi connectivity index (χ2v) is 11.6. The SMILES string of the molecule is CC(C)(C)OC(=O)N1CCC(N2CCN(S(=O)(=O)c3ccc4ccccc4c3)CC2)CC1. The van der Waals surface area contributed by atoms with Gasteiger partial charge in [-0.2, -0.15) is 4.31 Å². The van der Waals surface area contributed by atoms with E-state index < -0.39 is 15.6 Å². The molecule has 0 saturated carbocycles. The number of carbonyl (C=O) groups excluding carboxylic acids is 1. The Morgan fingerprint density at radius 3 is 2.16 bits per heavy atom. The molecule has 0 aromatic heterocycles. The van der Waals surface area contributed by atoms with E-state index in [9.17, 15) is 13.2 Å². The van der Waals surface area contributed by atoms with Crippen LogP contribution in [0, 0.1) is 0 Å². The number of likely N-dealkylation sites (tertiary alicyclic amines) is 1. The molecule has 2 fully saturated rings. The number of ether oxygens (including phenoxy) is 1. The van der Waals surface area contributed by atoms with Gasteiger partial charge in [-0.1, -0.05) is 30.3 Å². The fourth-order valence-electron chi connectivity index (χ4n) is 4.53. The largest absolute Gasteiger partial charge is 0.444 e. The van der Waals surface area contributed by atoms with Crippen LogP contribution in [0.3, 0.4) is 0 Å². The van der Waals surface area contributed by atoms with Crippen molar-refractivity contribution >= 4 is 26.9 Å². The molecule has 2 aromatic carbocycles. The molecule has 174 valence electrons. The molecule has 0 unspecified atom stereocenters. The minimum atomic E-state index is -3.51. The minimum Gasteiger partial charge on any atom is -0.444 e. The summed E-state index contributed by atoms with van der Waals surface area (Å²) in [5.74, 6) is 0. The highest BCUT2D eigenvalue weighted by molar-refractivity contribution is 7.89. The number of benzene rings is 2. The molecule has 2 saturated heterocycles. The lowest BCUT2D eigenvalue weighted by Crippen LogP contribution is -2.54. The van der Waals surface area contributed by atoms with E-state index in [-0.39, 0.29) is 6.09 Å². The third-order valence-corrected chi connectivity index (χ3v) is 8.16. The van der Waals surface area contributed by atoms with E-state index >= 15 is 0 Å². The van der Waals surface area contributed by atoms with Crippen LogP contribution < -0.4 is 0 Å². The monoisotopic (exact) mass is 459 g/mol. The van der Waals surface area contributed by atoms with E-state index in [0.29, 0.717) is 50.2 Å². The number of nitrogens with zero attached hydrogens (tertiary/aromatic N) is 3. The van der Waals surface area contributed by atoms with E-state index in [4.69, 9.17) is 4.74 Å². The number of piperidine rings is 1. The molecule has 2 heterocycles. The summed E-state index contributed by atoms with van der Waals surface area (Å²) in [5, 5.41) is 1.97. The van der Waals surface area contributed by atoms with Crippen LogP contribution in [0.2, 0.25) is 0 Å². The van der Waals surface area contributed by atoms with E-state index in [2.05, 4.69) is 4.90 Å². The summed E-state index contributed by atoms with van der Waals surface area (Å²) < 4.78 is 33.5. The van der Waals surface area contributed by atoms with Gasteiger partial charge in [0.05, 0.1) is 4.90 Å². The average molecular weight is 460 g/mol. The Bertz CT molecular complexity index is 1060. The zero-order chi connectivity index (χ0) is 22.9. The third-order valence-electron chi connectivity index (χ3n) is 6.26. The minimum absolute atomic E-state index is 0.248. The summed E-state index contributed by atoms with van der Waals surface area (Å²) in [4.78, 5) is 16.8. The van der Waals surface area contributed by atoms with Gasteiger partial charge in [0, 0.05) is 45.3 Å². The Balaban J connectivity index is 1.32. The number of hydrogen-bond acceptors (Lipinski definition) is 5. The number of hydrogen-bond donors (Lipinski definition) is 0. The molecule has 7 nitrogen and oxygen atoms in total. The maximum atomic E-state index is 13.2. The lowest BCUT2D eigenvalue weighted by molar-refractivity contribution is 0.0122. The van der Waals surface area contributed by atoms with Crippen LogP contribution in [0.1, 0.15) is 33.6 Å². The Morgan fingerprint density at radius 1 is 0.906 bits per heavy atom. The summed E-state index contributed by atoms with van der Waals surface area (Å²) in [7, 11) is -3.51. The van der Waals surface area contributed by atoms with Crippen LogP contribution in [0.25, 0.3) is 10.8 Å². The molecule has 1 amide bonds. The molecule has 0 aliphatic carbocycles. The summed E-state index contributed by atoms with van der Waals surface area (Å²) in [6.07, 6.45) is 1.52. The molecule has 2 aliphatic heterocycles. The van der Waals surface area contributed by atoms with Crippen LogP contribution in [0.5, 0.6) is 0 Å². The fourth-order valence-corrected chi connectivity index (χ4v) is 5.98. The topological polar surface area (TPSA) is 70.2 Å². The van der Waals surface area contributed by atoms with Gasteiger partial charge in [0.1, 0.15) is 5.60 Å². The van der Waals surface area contributed by atoms with Crippen molar-refractivity contribution in [2.75, 3.05) is 39.3 Å². The molecule has 2 aromatic rings. The first kappa shape index (κ1) is 23.0. The van der Waals surface area contributed by atoms with Gasteiger partial charge in [0.15, 0.2) is 0 Å². The van der Waals surface area contributed by atoms with Crippen molar-refractivity contribution in [1.82, 2.24) is 14.1 Å². The first-order valence-corrected chi connectivity index (χ1v) is 12.8. The smallest absolute Gasteiger partial charge is 0.410 e. The van der Waals surface area contributed by atoms with Crippen molar-refractivity contribution in [2.24, 2.45) is 0 Å². The first-order chi connectivity index (χ1) is 15.1. The van der Waals surface area contributed by atoms with Gasteiger partial charge in [-0.3, -0.25) is 4.90 Å². The molecular formula is C24H33N3O4S. The van der Waals surface area contributed by atoms with Crippen molar-refractivity contribution in [2.45, 2.75) is 50.2 Å². The Morgan fingerprint density at radius 2 is 1.53 bits per heavy atom. The highest BCUT2D eigenvalue weighted by Gasteiger charge is 2.34. The maximum absolute atomic E-state index is 13.2. The standard InChI is InChI=1S/C24H33N3O4S/c1-24(2,3)31-23(28)26-12-10-21(11-13-26)25-14-16-27(17-15-25)32(29,30)22-9-8-19-6-4-5-7-20(19)18-22/h4-9,18,21H,10-17H2,1-3H3. The zero-order valence-corrected chi connectivity index (χ0v) is 20.0. The zero-order valence-electron chi connectivity index (χ0n) is 19.2. The van der Waals surface area contributed by atoms with Gasteiger partial charge in [-0.05, 0) is 56.5 Å². The van der Waals surface area contributed by atoms with E-state index in [0.717, 1.165) is 23.6 Å². The molecule has 0 bridgehead atoms. The molecular weight excluding hydrogens is 426 g/mol. The Kier molecular flexibility index (Phi) is 6.47. The van der Waals surface area contributed by atoms with Gasteiger partial charge >= 0.3 is 6.09 Å². The summed E-state index contributed by atoms with van der Waals surface area (Å²) in [6, 6.07) is 13.5. The highest BCUT2D eigenvalue weighted by atomic mass is 32.2. The third kappa shape index (κ3) is 5.08. The number of carbonyl (C=O) groups is 1. The molecule has 8 heteroatoms.